The molecule has 1 fully saturated rings. The Hall–Kier alpha value is -2.58. The van der Waals surface area contributed by atoms with E-state index in [1.54, 1.807) is 13.8 Å². The standard InChI is InChI=1S/C19H22F3N3O3/c1-10(2)25-14-5-4-12(9-13(14)23-18(25)19(20,21)22)16(26)24-7-6-11(3)8-15(24)17(27)28/h4-5,9-11,15H,6-8H2,1-3H3,(H,27,28). The first kappa shape index (κ1) is 20.2. The summed E-state index contributed by atoms with van der Waals surface area (Å²) in [7, 11) is 0. The Balaban J connectivity index is 2.02. The van der Waals surface area contributed by atoms with Crippen molar-refractivity contribution in [2.24, 2.45) is 5.92 Å². The number of carboxylic acids is 1. The molecule has 28 heavy (non-hydrogen) atoms. The van der Waals surface area contributed by atoms with Gasteiger partial charge in [-0.1, -0.05) is 6.92 Å². The van der Waals surface area contributed by atoms with E-state index in [4.69, 9.17) is 0 Å². The summed E-state index contributed by atoms with van der Waals surface area (Å²) in [5.74, 6) is -2.42. The normalized spacial score (nSPS) is 20.8. The molecule has 0 spiro atoms. The van der Waals surface area contributed by atoms with Crippen LogP contribution >= 0.6 is 0 Å². The molecule has 1 amide bonds. The molecule has 152 valence electrons. The summed E-state index contributed by atoms with van der Waals surface area (Å²) in [5.41, 5.74) is 0.473. The summed E-state index contributed by atoms with van der Waals surface area (Å²) in [6, 6.07) is 2.77. The number of amides is 1. The number of aromatic nitrogens is 2. The lowest BCUT2D eigenvalue weighted by Gasteiger charge is -2.36. The van der Waals surface area contributed by atoms with Crippen LogP contribution in [0.25, 0.3) is 11.0 Å². The third kappa shape index (κ3) is 3.57. The summed E-state index contributed by atoms with van der Waals surface area (Å²) in [6.07, 6.45) is -3.59. The molecule has 1 aromatic carbocycles. The Labute approximate surface area is 159 Å². The van der Waals surface area contributed by atoms with Gasteiger partial charge in [0, 0.05) is 18.2 Å². The van der Waals surface area contributed by atoms with Crippen LogP contribution in [0.15, 0.2) is 18.2 Å². The molecule has 2 aromatic rings. The van der Waals surface area contributed by atoms with Crippen molar-refractivity contribution < 1.29 is 27.9 Å². The number of nitrogens with zero attached hydrogens (tertiary/aromatic N) is 3. The Kier molecular flexibility index (Phi) is 5.12. The van der Waals surface area contributed by atoms with Crippen LogP contribution in [0, 0.1) is 5.92 Å². The predicted octanol–water partition coefficient (Wildman–Crippen LogP) is 3.96. The zero-order chi connectivity index (χ0) is 20.8. The minimum absolute atomic E-state index is 0.0594. The molecule has 1 aliphatic heterocycles. The number of rotatable bonds is 3. The summed E-state index contributed by atoms with van der Waals surface area (Å²) < 4.78 is 41.1. The first-order valence-electron chi connectivity index (χ1n) is 9.13. The highest BCUT2D eigenvalue weighted by Crippen LogP contribution is 2.34. The molecular formula is C19H22F3N3O3. The Morgan fingerprint density at radius 3 is 2.54 bits per heavy atom. The van der Waals surface area contributed by atoms with Gasteiger partial charge in [-0.3, -0.25) is 4.79 Å². The van der Waals surface area contributed by atoms with Crippen molar-refractivity contribution in [1.29, 1.82) is 0 Å². The molecule has 1 saturated heterocycles. The van der Waals surface area contributed by atoms with Crippen LogP contribution in [-0.2, 0) is 11.0 Å². The van der Waals surface area contributed by atoms with Crippen LogP contribution in [0.1, 0.15) is 55.8 Å². The lowest BCUT2D eigenvalue weighted by molar-refractivity contribution is -0.147. The fourth-order valence-electron chi connectivity index (χ4n) is 3.74. The van der Waals surface area contributed by atoms with Gasteiger partial charge in [0.2, 0.25) is 5.82 Å². The number of carbonyl (C=O) groups is 2. The van der Waals surface area contributed by atoms with Gasteiger partial charge in [-0.15, -0.1) is 0 Å². The van der Waals surface area contributed by atoms with Crippen LogP contribution in [0.2, 0.25) is 0 Å². The SMILES string of the molecule is CC1CCN(C(=O)c2ccc3c(c2)nc(C(F)(F)F)n3C(C)C)C(C(=O)O)C1. The van der Waals surface area contributed by atoms with E-state index in [9.17, 15) is 27.9 Å². The topological polar surface area (TPSA) is 75.4 Å². The average Bonchev–Trinajstić information content (AvgIpc) is 3.00. The number of alkyl halides is 3. The number of carbonyl (C=O) groups excluding carboxylic acids is 1. The first-order valence-corrected chi connectivity index (χ1v) is 9.13. The van der Waals surface area contributed by atoms with Crippen LogP contribution in [0.5, 0.6) is 0 Å². The van der Waals surface area contributed by atoms with Crippen LogP contribution in [-0.4, -0.2) is 44.0 Å². The van der Waals surface area contributed by atoms with Gasteiger partial charge in [-0.05, 0) is 50.8 Å². The van der Waals surface area contributed by atoms with Crippen molar-refractivity contribution in [1.82, 2.24) is 14.5 Å². The van der Waals surface area contributed by atoms with Gasteiger partial charge in [-0.2, -0.15) is 13.2 Å². The number of fused-ring (bicyclic) bond motifs is 1. The summed E-state index contributed by atoms with van der Waals surface area (Å²) in [4.78, 5) is 29.4. The van der Waals surface area contributed by atoms with Crippen LogP contribution in [0.3, 0.4) is 0 Å². The van der Waals surface area contributed by atoms with Gasteiger partial charge in [0.15, 0.2) is 0 Å². The van der Waals surface area contributed by atoms with E-state index >= 15 is 0 Å². The number of hydrogen-bond donors (Lipinski definition) is 1. The number of halogens is 3. The minimum Gasteiger partial charge on any atom is -0.480 e. The minimum atomic E-state index is -4.62. The van der Waals surface area contributed by atoms with Gasteiger partial charge in [0.1, 0.15) is 6.04 Å². The zero-order valence-corrected chi connectivity index (χ0v) is 15.8. The molecule has 1 aromatic heterocycles. The second-order valence-electron chi connectivity index (χ2n) is 7.58. The Morgan fingerprint density at radius 1 is 1.29 bits per heavy atom. The van der Waals surface area contributed by atoms with E-state index in [1.165, 1.54) is 23.1 Å². The fourth-order valence-corrected chi connectivity index (χ4v) is 3.74. The number of hydrogen-bond acceptors (Lipinski definition) is 3. The monoisotopic (exact) mass is 397 g/mol. The summed E-state index contributed by atoms with van der Waals surface area (Å²) in [5, 5.41) is 9.45. The maximum absolute atomic E-state index is 13.3. The number of imidazole rings is 1. The van der Waals surface area contributed by atoms with Gasteiger partial charge < -0.3 is 14.6 Å². The molecular weight excluding hydrogens is 375 g/mol. The third-order valence-electron chi connectivity index (χ3n) is 5.12. The molecule has 0 aliphatic carbocycles. The largest absolute Gasteiger partial charge is 0.480 e. The summed E-state index contributed by atoms with van der Waals surface area (Å²) >= 11 is 0. The van der Waals surface area contributed by atoms with Gasteiger partial charge >= 0.3 is 12.1 Å². The lowest BCUT2D eigenvalue weighted by atomic mass is 9.92. The second kappa shape index (κ2) is 7.10. The van der Waals surface area contributed by atoms with Crippen molar-refractivity contribution in [3.63, 3.8) is 0 Å². The van der Waals surface area contributed by atoms with Gasteiger partial charge in [0.25, 0.3) is 5.91 Å². The summed E-state index contributed by atoms with van der Waals surface area (Å²) in [6.45, 7) is 5.48. The maximum Gasteiger partial charge on any atom is 0.449 e. The molecule has 2 heterocycles. The zero-order valence-electron chi connectivity index (χ0n) is 15.8. The first-order chi connectivity index (χ1) is 13.0. The number of aliphatic carboxylic acids is 1. The average molecular weight is 397 g/mol. The van der Waals surface area contributed by atoms with E-state index in [1.807, 2.05) is 6.92 Å². The molecule has 0 saturated carbocycles. The number of piperidine rings is 1. The predicted molar refractivity (Wildman–Crippen MR) is 96.0 cm³/mol. The molecule has 1 aliphatic rings. The van der Waals surface area contributed by atoms with Crippen LogP contribution < -0.4 is 0 Å². The second-order valence-corrected chi connectivity index (χ2v) is 7.58. The van der Waals surface area contributed by atoms with E-state index < -0.39 is 36.0 Å². The Morgan fingerprint density at radius 2 is 1.96 bits per heavy atom. The van der Waals surface area contributed by atoms with Crippen molar-refractivity contribution in [2.75, 3.05) is 6.54 Å². The molecule has 2 unspecified atom stereocenters. The maximum atomic E-state index is 13.3. The van der Waals surface area contributed by atoms with Crippen LogP contribution in [0.4, 0.5) is 13.2 Å². The van der Waals surface area contributed by atoms with E-state index in [-0.39, 0.29) is 22.5 Å². The van der Waals surface area contributed by atoms with E-state index in [2.05, 4.69) is 4.98 Å². The van der Waals surface area contributed by atoms with Crippen molar-refractivity contribution in [3.05, 3.63) is 29.6 Å². The van der Waals surface area contributed by atoms with Crippen molar-refractivity contribution in [2.45, 2.75) is 51.9 Å². The highest BCUT2D eigenvalue weighted by molar-refractivity contribution is 5.99. The lowest BCUT2D eigenvalue weighted by Crippen LogP contribution is -2.49. The van der Waals surface area contributed by atoms with E-state index in [0.29, 0.717) is 19.4 Å². The van der Waals surface area contributed by atoms with Gasteiger partial charge in [0.05, 0.1) is 11.0 Å². The number of benzene rings is 1. The highest BCUT2D eigenvalue weighted by atomic mass is 19.4. The third-order valence-corrected chi connectivity index (χ3v) is 5.12. The van der Waals surface area contributed by atoms with Gasteiger partial charge in [-0.25, -0.2) is 9.78 Å². The van der Waals surface area contributed by atoms with Crippen molar-refractivity contribution >= 4 is 22.9 Å². The quantitative estimate of drug-likeness (QED) is 0.851. The molecule has 9 heteroatoms. The number of carboxylic acid groups (broad SMARTS) is 1. The fraction of sp³-hybridized carbons (Fsp3) is 0.526. The molecule has 6 nitrogen and oxygen atoms in total. The smallest absolute Gasteiger partial charge is 0.449 e. The highest BCUT2D eigenvalue weighted by Gasteiger charge is 2.39. The Bertz CT molecular complexity index is 920. The van der Waals surface area contributed by atoms with E-state index in [0.717, 1.165) is 4.57 Å². The van der Waals surface area contributed by atoms with Crippen molar-refractivity contribution in [3.8, 4) is 0 Å². The molecule has 1 N–H and O–H groups in total. The number of likely N-dealkylation sites (tertiary alicyclic amines) is 1. The molecule has 3 rings (SSSR count). The molecule has 0 bridgehead atoms. The molecule has 2 atom stereocenters. The molecule has 0 radical (unpaired) electrons.